The fourth-order valence-electron chi connectivity index (χ4n) is 3.83. The molecule has 5 rings (SSSR count). The highest BCUT2D eigenvalue weighted by Crippen LogP contribution is 2.40. The third kappa shape index (κ3) is 4.37. The molecule has 1 aliphatic heterocycles. The zero-order chi connectivity index (χ0) is 24.0. The maximum absolute atomic E-state index is 13.5. The molecular formula is C25H14Cl3FN2OS2. The Hall–Kier alpha value is -2.35. The minimum atomic E-state index is -0.380. The van der Waals surface area contributed by atoms with E-state index in [-0.39, 0.29) is 11.7 Å². The van der Waals surface area contributed by atoms with E-state index in [4.69, 9.17) is 47.0 Å². The summed E-state index contributed by atoms with van der Waals surface area (Å²) in [5.74, 6) is -0.632. The van der Waals surface area contributed by atoms with Gasteiger partial charge in [0.05, 0.1) is 15.6 Å². The monoisotopic (exact) mass is 546 g/mol. The summed E-state index contributed by atoms with van der Waals surface area (Å²) < 4.78 is 15.9. The van der Waals surface area contributed by atoms with Crippen molar-refractivity contribution in [2.24, 2.45) is 0 Å². The molecule has 2 heterocycles. The highest BCUT2D eigenvalue weighted by Gasteiger charge is 2.34. The van der Waals surface area contributed by atoms with Crippen LogP contribution in [0.25, 0.3) is 17.0 Å². The Labute approximate surface area is 219 Å². The number of thioether (sulfide) groups is 1. The van der Waals surface area contributed by atoms with Crippen LogP contribution in [-0.4, -0.2) is 14.8 Å². The van der Waals surface area contributed by atoms with Crippen LogP contribution in [0, 0.1) is 5.82 Å². The molecule has 1 saturated heterocycles. The molecule has 1 fully saturated rings. The average molecular weight is 548 g/mol. The normalized spacial score (nSPS) is 15.2. The lowest BCUT2D eigenvalue weighted by Gasteiger charge is -2.16. The predicted octanol–water partition coefficient (Wildman–Crippen LogP) is 8.19. The first-order valence-corrected chi connectivity index (χ1v) is 12.4. The molecule has 1 aromatic heterocycles. The third-order valence-electron chi connectivity index (χ3n) is 5.41. The van der Waals surface area contributed by atoms with E-state index in [9.17, 15) is 9.18 Å². The quantitative estimate of drug-likeness (QED) is 0.190. The van der Waals surface area contributed by atoms with Crippen LogP contribution in [0.2, 0.25) is 15.1 Å². The summed E-state index contributed by atoms with van der Waals surface area (Å²) >= 11 is 25.3. The molecule has 1 amide bonds. The SMILES string of the molecule is O=C1/C(=C\c2cn(Cc3ccc(F)cc3Cl)c3ccccc23)SC(=S)N1c1ccc(Cl)cc1Cl. The molecule has 3 aromatic carbocycles. The Kier molecular flexibility index (Phi) is 6.44. The van der Waals surface area contributed by atoms with Crippen molar-refractivity contribution in [1.29, 1.82) is 0 Å². The zero-order valence-corrected chi connectivity index (χ0v) is 21.2. The van der Waals surface area contributed by atoms with E-state index in [0.29, 0.717) is 36.5 Å². The first kappa shape index (κ1) is 23.4. The van der Waals surface area contributed by atoms with Crippen molar-refractivity contribution in [2.45, 2.75) is 6.54 Å². The van der Waals surface area contributed by atoms with Crippen LogP contribution in [0.15, 0.2) is 71.8 Å². The highest BCUT2D eigenvalue weighted by atomic mass is 35.5. The van der Waals surface area contributed by atoms with Crippen molar-refractivity contribution in [3.63, 3.8) is 0 Å². The summed E-state index contributed by atoms with van der Waals surface area (Å²) in [4.78, 5) is 15.2. The Morgan fingerprint density at radius 2 is 1.79 bits per heavy atom. The fraction of sp³-hybridized carbons (Fsp3) is 0.0400. The van der Waals surface area contributed by atoms with Gasteiger partial charge in [0, 0.05) is 39.3 Å². The molecule has 170 valence electrons. The van der Waals surface area contributed by atoms with Gasteiger partial charge >= 0.3 is 0 Å². The van der Waals surface area contributed by atoms with Gasteiger partial charge in [0.25, 0.3) is 5.91 Å². The fourth-order valence-corrected chi connectivity index (χ4v) is 5.83. The second-order valence-electron chi connectivity index (χ2n) is 7.58. The van der Waals surface area contributed by atoms with Gasteiger partial charge in [-0.2, -0.15) is 0 Å². The molecule has 0 radical (unpaired) electrons. The molecule has 0 aliphatic carbocycles. The number of fused-ring (bicyclic) bond motifs is 1. The average Bonchev–Trinajstić information content (AvgIpc) is 3.27. The van der Waals surface area contributed by atoms with Crippen LogP contribution in [0.3, 0.4) is 0 Å². The number of benzene rings is 3. The summed E-state index contributed by atoms with van der Waals surface area (Å²) in [7, 11) is 0. The molecule has 1 aliphatic rings. The van der Waals surface area contributed by atoms with Crippen LogP contribution in [0.1, 0.15) is 11.1 Å². The lowest BCUT2D eigenvalue weighted by Crippen LogP contribution is -2.27. The molecule has 4 aromatic rings. The number of hydrogen-bond acceptors (Lipinski definition) is 3. The van der Waals surface area contributed by atoms with E-state index in [2.05, 4.69) is 0 Å². The maximum atomic E-state index is 13.5. The number of nitrogens with zero attached hydrogens (tertiary/aromatic N) is 2. The van der Waals surface area contributed by atoms with Crippen LogP contribution in [0.4, 0.5) is 10.1 Å². The third-order valence-corrected chi connectivity index (χ3v) is 7.60. The minimum Gasteiger partial charge on any atom is -0.342 e. The number of halogens is 4. The van der Waals surface area contributed by atoms with Gasteiger partial charge in [-0.15, -0.1) is 0 Å². The van der Waals surface area contributed by atoms with Crippen LogP contribution in [-0.2, 0) is 11.3 Å². The summed E-state index contributed by atoms with van der Waals surface area (Å²) in [6.45, 7) is 0.453. The van der Waals surface area contributed by atoms with Crippen molar-refractivity contribution in [3.8, 4) is 0 Å². The van der Waals surface area contributed by atoms with Crippen molar-refractivity contribution < 1.29 is 9.18 Å². The number of carbonyl (C=O) groups excluding carboxylic acids is 1. The van der Waals surface area contributed by atoms with E-state index in [1.54, 1.807) is 24.3 Å². The van der Waals surface area contributed by atoms with Crippen LogP contribution in [0.5, 0.6) is 0 Å². The number of rotatable bonds is 4. The molecule has 3 nitrogen and oxygen atoms in total. The lowest BCUT2D eigenvalue weighted by molar-refractivity contribution is -0.113. The van der Waals surface area contributed by atoms with E-state index >= 15 is 0 Å². The van der Waals surface area contributed by atoms with Crippen molar-refractivity contribution in [2.75, 3.05) is 4.90 Å². The van der Waals surface area contributed by atoms with Gasteiger partial charge in [0.2, 0.25) is 0 Å². The predicted molar refractivity (Wildman–Crippen MR) is 145 cm³/mol. The Morgan fingerprint density at radius 3 is 2.56 bits per heavy atom. The van der Waals surface area contributed by atoms with Gasteiger partial charge in [0.1, 0.15) is 5.82 Å². The smallest absolute Gasteiger partial charge is 0.270 e. The van der Waals surface area contributed by atoms with Gasteiger partial charge < -0.3 is 4.57 Å². The maximum Gasteiger partial charge on any atom is 0.270 e. The number of aromatic nitrogens is 1. The largest absolute Gasteiger partial charge is 0.342 e. The summed E-state index contributed by atoms with van der Waals surface area (Å²) in [5, 5.41) is 2.15. The number of amides is 1. The summed E-state index contributed by atoms with van der Waals surface area (Å²) in [5.41, 5.74) is 3.10. The van der Waals surface area contributed by atoms with E-state index < -0.39 is 0 Å². The number of anilines is 1. The minimum absolute atomic E-state index is 0.252. The number of para-hydroxylation sites is 1. The number of thiocarbonyl (C=S) groups is 1. The van der Waals surface area contributed by atoms with Gasteiger partial charge in [-0.1, -0.05) is 83.0 Å². The number of hydrogen-bond donors (Lipinski definition) is 0. The van der Waals surface area contributed by atoms with Crippen molar-refractivity contribution >= 4 is 91.7 Å². The standard InChI is InChI=1S/C25H14Cl3FN2OS2/c26-16-6-8-22(20(28)10-16)31-24(32)23(34-25(31)33)9-15-13-30(21-4-2-1-3-18(15)21)12-14-5-7-17(29)11-19(14)27/h1-11,13H,12H2/b23-9+. The van der Waals surface area contributed by atoms with Gasteiger partial charge in [0.15, 0.2) is 4.32 Å². The Bertz CT molecular complexity index is 1520. The molecule has 0 unspecified atom stereocenters. The molecular weight excluding hydrogens is 534 g/mol. The van der Waals surface area contributed by atoms with Crippen LogP contribution < -0.4 is 4.90 Å². The zero-order valence-electron chi connectivity index (χ0n) is 17.3. The molecule has 0 N–H and O–H groups in total. The second kappa shape index (κ2) is 9.36. The summed E-state index contributed by atoms with van der Waals surface area (Å²) in [6.07, 6.45) is 3.78. The van der Waals surface area contributed by atoms with Crippen molar-refractivity contribution in [3.05, 3.63) is 104 Å². The van der Waals surface area contributed by atoms with Gasteiger partial charge in [-0.3, -0.25) is 9.69 Å². The first-order chi connectivity index (χ1) is 16.3. The Morgan fingerprint density at radius 1 is 1.00 bits per heavy atom. The molecule has 0 saturated carbocycles. The molecule has 0 atom stereocenters. The summed E-state index contributed by atoms with van der Waals surface area (Å²) in [6, 6.07) is 17.1. The highest BCUT2D eigenvalue weighted by molar-refractivity contribution is 8.27. The van der Waals surface area contributed by atoms with E-state index in [0.717, 1.165) is 22.0 Å². The lowest BCUT2D eigenvalue weighted by atomic mass is 10.1. The molecule has 9 heteroatoms. The van der Waals surface area contributed by atoms with Gasteiger partial charge in [-0.05, 0) is 48.0 Å². The molecule has 0 bridgehead atoms. The molecule has 34 heavy (non-hydrogen) atoms. The topological polar surface area (TPSA) is 25.2 Å². The van der Waals surface area contributed by atoms with E-state index in [1.807, 2.05) is 41.1 Å². The number of carbonyl (C=O) groups is 1. The van der Waals surface area contributed by atoms with Crippen LogP contribution >= 0.6 is 58.8 Å². The van der Waals surface area contributed by atoms with Gasteiger partial charge in [-0.25, -0.2) is 4.39 Å². The molecule has 0 spiro atoms. The second-order valence-corrected chi connectivity index (χ2v) is 10.5. The van der Waals surface area contributed by atoms with E-state index in [1.165, 1.54) is 28.8 Å². The first-order valence-electron chi connectivity index (χ1n) is 10.1. The Balaban J connectivity index is 1.53. The van der Waals surface area contributed by atoms with Crippen molar-refractivity contribution in [1.82, 2.24) is 4.57 Å².